The molecule has 1 atom stereocenters. The molecule has 0 N–H and O–H groups in total. The fourth-order valence-electron chi connectivity index (χ4n) is 1.73. The van der Waals surface area contributed by atoms with Crippen LogP contribution in [-0.2, 0) is 0 Å². The van der Waals surface area contributed by atoms with Gasteiger partial charge in [0.2, 0.25) is 0 Å². The van der Waals surface area contributed by atoms with Crippen LogP contribution in [0.2, 0.25) is 0 Å². The molecule has 1 unspecified atom stereocenters. The average molecular weight is 208 g/mol. The molecule has 0 spiro atoms. The van der Waals surface area contributed by atoms with Gasteiger partial charge in [-0.15, -0.1) is 11.6 Å². The maximum absolute atomic E-state index is 5.71. The summed E-state index contributed by atoms with van der Waals surface area (Å²) in [6.45, 7) is 3.84. The molecule has 1 fully saturated rings. The predicted molar refractivity (Wildman–Crippen MR) is 58.3 cm³/mol. The van der Waals surface area contributed by atoms with Gasteiger partial charge in [-0.2, -0.15) is 11.8 Å². The van der Waals surface area contributed by atoms with E-state index in [1.807, 2.05) is 11.8 Å². The first-order valence-electron chi connectivity index (χ1n) is 4.64. The van der Waals surface area contributed by atoms with E-state index in [9.17, 15) is 0 Å². The smallest absolute Gasteiger partial charge is 0.0226 e. The van der Waals surface area contributed by atoms with E-state index >= 15 is 0 Å². The number of alkyl halides is 1. The topological polar surface area (TPSA) is 3.24 Å². The molecule has 0 radical (unpaired) electrons. The van der Waals surface area contributed by atoms with Gasteiger partial charge in [-0.3, -0.25) is 0 Å². The van der Waals surface area contributed by atoms with Crippen molar-refractivity contribution < 1.29 is 0 Å². The van der Waals surface area contributed by atoms with Gasteiger partial charge in [-0.1, -0.05) is 0 Å². The number of hydrogen-bond donors (Lipinski definition) is 0. The quantitative estimate of drug-likeness (QED) is 0.637. The second-order valence-electron chi connectivity index (χ2n) is 3.43. The number of nitrogens with zero attached hydrogens (tertiary/aromatic N) is 1. The van der Waals surface area contributed by atoms with Crippen LogP contribution < -0.4 is 0 Å². The van der Waals surface area contributed by atoms with Crippen LogP contribution >= 0.6 is 23.4 Å². The Morgan fingerprint density at radius 1 is 1.58 bits per heavy atom. The highest BCUT2D eigenvalue weighted by Crippen LogP contribution is 2.19. The minimum absolute atomic E-state index is 0.834. The van der Waals surface area contributed by atoms with Crippen molar-refractivity contribution >= 4 is 23.4 Å². The molecule has 1 rings (SSSR count). The Labute approximate surface area is 84.8 Å². The second-order valence-corrected chi connectivity index (χ2v) is 4.79. The van der Waals surface area contributed by atoms with E-state index in [4.69, 9.17) is 11.6 Å². The summed E-state index contributed by atoms with van der Waals surface area (Å²) in [7, 11) is 0. The van der Waals surface area contributed by atoms with Crippen LogP contribution in [-0.4, -0.2) is 42.4 Å². The molecule has 72 valence electrons. The molecule has 1 aliphatic rings. The lowest BCUT2D eigenvalue weighted by atomic mass is 10.1. The summed E-state index contributed by atoms with van der Waals surface area (Å²) in [5, 5.41) is 0. The van der Waals surface area contributed by atoms with E-state index in [0.717, 1.165) is 11.8 Å². The first kappa shape index (κ1) is 10.7. The summed E-state index contributed by atoms with van der Waals surface area (Å²) < 4.78 is 0. The van der Waals surface area contributed by atoms with Gasteiger partial charge >= 0.3 is 0 Å². The third kappa shape index (κ3) is 3.55. The van der Waals surface area contributed by atoms with Gasteiger partial charge in [0, 0.05) is 24.7 Å². The summed E-state index contributed by atoms with van der Waals surface area (Å²) in [5.41, 5.74) is 0. The molecule has 0 aromatic heterocycles. The van der Waals surface area contributed by atoms with Gasteiger partial charge in [-0.25, -0.2) is 0 Å². The molecule has 0 aromatic rings. The molecule has 12 heavy (non-hydrogen) atoms. The molecule has 1 aliphatic heterocycles. The van der Waals surface area contributed by atoms with E-state index in [1.165, 1.54) is 38.2 Å². The highest BCUT2D eigenvalue weighted by Gasteiger charge is 2.20. The van der Waals surface area contributed by atoms with Crippen LogP contribution in [0.1, 0.15) is 12.8 Å². The lowest BCUT2D eigenvalue weighted by Crippen LogP contribution is -2.23. The lowest BCUT2D eigenvalue weighted by molar-refractivity contribution is 0.343. The van der Waals surface area contributed by atoms with Crippen LogP contribution in [0, 0.1) is 5.92 Å². The number of likely N-dealkylation sites (tertiary alicyclic amines) is 1. The van der Waals surface area contributed by atoms with Crippen molar-refractivity contribution in [3.8, 4) is 0 Å². The van der Waals surface area contributed by atoms with Gasteiger partial charge in [0.05, 0.1) is 0 Å². The normalized spacial score (nSPS) is 25.0. The molecule has 1 nitrogen and oxygen atoms in total. The van der Waals surface area contributed by atoms with Crippen molar-refractivity contribution in [1.82, 2.24) is 4.90 Å². The Morgan fingerprint density at radius 3 is 3.08 bits per heavy atom. The molecule has 0 aromatic carbocycles. The van der Waals surface area contributed by atoms with Crippen molar-refractivity contribution in [3.05, 3.63) is 0 Å². The second kappa shape index (κ2) is 6.11. The molecule has 0 amide bonds. The standard InChI is InChI=1S/C9H18ClNS/c1-12-7-6-11-5-3-9(8-11)2-4-10/h9H,2-8H2,1H3. The Morgan fingerprint density at radius 2 is 2.42 bits per heavy atom. The van der Waals surface area contributed by atoms with Crippen molar-refractivity contribution in [2.45, 2.75) is 12.8 Å². The van der Waals surface area contributed by atoms with Crippen molar-refractivity contribution in [2.24, 2.45) is 5.92 Å². The lowest BCUT2D eigenvalue weighted by Gasteiger charge is -2.14. The van der Waals surface area contributed by atoms with Crippen LogP contribution in [0.3, 0.4) is 0 Å². The summed E-state index contributed by atoms with van der Waals surface area (Å²) in [6, 6.07) is 0. The zero-order valence-corrected chi connectivity index (χ0v) is 9.33. The van der Waals surface area contributed by atoms with E-state index in [1.54, 1.807) is 0 Å². The van der Waals surface area contributed by atoms with Crippen molar-refractivity contribution in [1.29, 1.82) is 0 Å². The predicted octanol–water partition coefficient (Wildman–Crippen LogP) is 2.30. The van der Waals surface area contributed by atoms with Crippen LogP contribution in [0.25, 0.3) is 0 Å². The van der Waals surface area contributed by atoms with E-state index < -0.39 is 0 Å². The largest absolute Gasteiger partial charge is 0.302 e. The molecule has 1 heterocycles. The monoisotopic (exact) mass is 207 g/mol. The zero-order valence-electron chi connectivity index (χ0n) is 7.76. The van der Waals surface area contributed by atoms with Gasteiger partial charge in [0.15, 0.2) is 0 Å². The van der Waals surface area contributed by atoms with Gasteiger partial charge in [0.1, 0.15) is 0 Å². The Balaban J connectivity index is 2.08. The zero-order chi connectivity index (χ0) is 8.81. The first-order chi connectivity index (χ1) is 5.86. The molecule has 0 aliphatic carbocycles. The first-order valence-corrected chi connectivity index (χ1v) is 6.57. The highest BCUT2D eigenvalue weighted by molar-refractivity contribution is 7.98. The number of rotatable bonds is 5. The van der Waals surface area contributed by atoms with Crippen LogP contribution in [0.15, 0.2) is 0 Å². The van der Waals surface area contributed by atoms with Crippen LogP contribution in [0.5, 0.6) is 0 Å². The molecular formula is C9H18ClNS. The summed E-state index contributed by atoms with van der Waals surface area (Å²) in [6.07, 6.45) is 4.74. The minimum atomic E-state index is 0.834. The molecule has 1 saturated heterocycles. The van der Waals surface area contributed by atoms with E-state index in [0.29, 0.717) is 0 Å². The third-order valence-corrected chi connectivity index (χ3v) is 3.31. The third-order valence-electron chi connectivity index (χ3n) is 2.50. The average Bonchev–Trinajstić information content (AvgIpc) is 2.50. The van der Waals surface area contributed by atoms with Crippen molar-refractivity contribution in [3.63, 3.8) is 0 Å². The summed E-state index contributed by atoms with van der Waals surface area (Å²) in [5.74, 6) is 2.98. The van der Waals surface area contributed by atoms with E-state index in [-0.39, 0.29) is 0 Å². The molecule has 3 heteroatoms. The fourth-order valence-corrected chi connectivity index (χ4v) is 2.48. The van der Waals surface area contributed by atoms with Gasteiger partial charge in [0.25, 0.3) is 0 Å². The Hall–Kier alpha value is 0.600. The summed E-state index contributed by atoms with van der Waals surface area (Å²) in [4.78, 5) is 2.56. The van der Waals surface area contributed by atoms with Crippen LogP contribution in [0.4, 0.5) is 0 Å². The number of thioether (sulfide) groups is 1. The Kier molecular flexibility index (Phi) is 5.44. The van der Waals surface area contributed by atoms with E-state index in [2.05, 4.69) is 11.2 Å². The molecular weight excluding hydrogens is 190 g/mol. The molecule has 0 bridgehead atoms. The van der Waals surface area contributed by atoms with Crippen molar-refractivity contribution in [2.75, 3.05) is 37.5 Å². The minimum Gasteiger partial charge on any atom is -0.302 e. The fraction of sp³-hybridized carbons (Fsp3) is 1.00. The highest BCUT2D eigenvalue weighted by atomic mass is 35.5. The number of hydrogen-bond acceptors (Lipinski definition) is 2. The number of halogens is 1. The maximum atomic E-state index is 5.71. The van der Waals surface area contributed by atoms with Gasteiger partial charge in [-0.05, 0) is 31.6 Å². The summed E-state index contributed by atoms with van der Waals surface area (Å²) >= 11 is 7.65. The van der Waals surface area contributed by atoms with Gasteiger partial charge < -0.3 is 4.90 Å². The SMILES string of the molecule is CSCCN1CCC(CCCl)C1. The molecule has 0 saturated carbocycles. The maximum Gasteiger partial charge on any atom is 0.0226 e. The Bertz CT molecular complexity index is 121.